The minimum atomic E-state index is -4.11. The number of anilines is 1. The molecule has 11 nitrogen and oxygen atoms in total. The van der Waals surface area contributed by atoms with Gasteiger partial charge in [-0.1, -0.05) is 11.6 Å². The molecule has 4 rings (SSSR count). The van der Waals surface area contributed by atoms with Gasteiger partial charge in [0.25, 0.3) is 16.0 Å². The van der Waals surface area contributed by atoms with E-state index in [4.69, 9.17) is 26.2 Å². The lowest BCUT2D eigenvalue weighted by molar-refractivity contribution is 0.0690. The minimum Gasteiger partial charge on any atom is -0.495 e. The molecule has 0 saturated carbocycles. The van der Waals surface area contributed by atoms with E-state index in [-0.39, 0.29) is 33.1 Å². The molecular formula is C20H14ClN5O6S. The summed E-state index contributed by atoms with van der Waals surface area (Å²) in [6.45, 7) is 0. The van der Waals surface area contributed by atoms with Crippen LogP contribution in [0.25, 0.3) is 11.0 Å². The molecule has 0 bridgehead atoms. The first kappa shape index (κ1) is 22.2. The van der Waals surface area contributed by atoms with Crippen molar-refractivity contribution < 1.29 is 27.8 Å². The number of ether oxygens (including phenoxy) is 2. The smallest absolute Gasteiger partial charge is 0.354 e. The predicted octanol–water partition coefficient (Wildman–Crippen LogP) is 3.37. The van der Waals surface area contributed by atoms with Gasteiger partial charge in [-0.3, -0.25) is 0 Å². The molecule has 0 saturated heterocycles. The molecule has 0 aliphatic rings. The number of fused-ring (bicyclic) bond motifs is 1. The van der Waals surface area contributed by atoms with Gasteiger partial charge < -0.3 is 14.6 Å². The summed E-state index contributed by atoms with van der Waals surface area (Å²) < 4.78 is 38.5. The second-order valence-electron chi connectivity index (χ2n) is 6.47. The number of aromatic carboxylic acids is 1. The number of rotatable bonds is 7. The Balaban J connectivity index is 1.59. The summed E-state index contributed by atoms with van der Waals surface area (Å²) >= 11 is 5.92. The Hall–Kier alpha value is -4.03. The number of hydrogen-bond acceptors (Lipinski definition) is 9. The van der Waals surface area contributed by atoms with Gasteiger partial charge in [0, 0.05) is 23.4 Å². The fourth-order valence-corrected chi connectivity index (χ4v) is 4.16. The number of hydrogen-bond donors (Lipinski definition) is 2. The number of aromatic nitrogens is 4. The molecule has 4 aromatic rings. The van der Waals surface area contributed by atoms with Gasteiger partial charge in [-0.05, 0) is 36.4 Å². The van der Waals surface area contributed by atoms with E-state index in [2.05, 4.69) is 24.9 Å². The zero-order chi connectivity index (χ0) is 23.6. The van der Waals surface area contributed by atoms with Crippen LogP contribution in [0.1, 0.15) is 10.5 Å². The van der Waals surface area contributed by atoms with Crippen LogP contribution in [0.3, 0.4) is 0 Å². The van der Waals surface area contributed by atoms with Gasteiger partial charge in [-0.2, -0.15) is 0 Å². The van der Waals surface area contributed by atoms with Gasteiger partial charge in [0.05, 0.1) is 12.6 Å². The first-order valence-corrected chi connectivity index (χ1v) is 11.0. The van der Waals surface area contributed by atoms with Crippen LogP contribution in [0.2, 0.25) is 5.02 Å². The number of halogens is 1. The van der Waals surface area contributed by atoms with Crippen molar-refractivity contribution in [3.05, 3.63) is 65.4 Å². The molecule has 13 heteroatoms. The molecule has 0 atom stereocenters. The van der Waals surface area contributed by atoms with Crippen LogP contribution < -0.4 is 14.2 Å². The van der Waals surface area contributed by atoms with Crippen LogP contribution in [0.15, 0.2) is 59.6 Å². The minimum absolute atomic E-state index is 0.101. The lowest BCUT2D eigenvalue weighted by atomic mass is 10.3. The highest BCUT2D eigenvalue weighted by molar-refractivity contribution is 7.92. The second kappa shape index (κ2) is 8.84. The fraction of sp³-hybridized carbons (Fsp3) is 0.0500. The van der Waals surface area contributed by atoms with Crippen molar-refractivity contribution in [1.82, 2.24) is 20.2 Å². The SMILES string of the molecule is COc1ccc(Cl)cc1S(=O)(=O)Nc1nnc2cc(Oc3ccnc(C(=O)O)c3)ccc2n1. The molecule has 0 fully saturated rings. The number of benzene rings is 2. The van der Waals surface area contributed by atoms with E-state index in [9.17, 15) is 13.2 Å². The monoisotopic (exact) mass is 487 g/mol. The molecule has 2 N–H and O–H groups in total. The maximum absolute atomic E-state index is 12.8. The van der Waals surface area contributed by atoms with Crippen molar-refractivity contribution in [2.45, 2.75) is 4.90 Å². The number of carboxylic acids is 1. The van der Waals surface area contributed by atoms with E-state index in [1.54, 1.807) is 12.1 Å². The molecule has 168 valence electrons. The second-order valence-corrected chi connectivity index (χ2v) is 8.56. The van der Waals surface area contributed by atoms with E-state index in [1.807, 2.05) is 0 Å². The Morgan fingerprint density at radius 2 is 1.82 bits per heavy atom. The number of nitrogens with one attached hydrogen (secondary N) is 1. The Morgan fingerprint density at radius 1 is 1.03 bits per heavy atom. The Morgan fingerprint density at radius 3 is 2.58 bits per heavy atom. The van der Waals surface area contributed by atoms with Crippen molar-refractivity contribution >= 4 is 44.6 Å². The number of sulfonamides is 1. The van der Waals surface area contributed by atoms with Crippen molar-refractivity contribution in [3.8, 4) is 17.2 Å². The van der Waals surface area contributed by atoms with Crippen molar-refractivity contribution in [2.75, 3.05) is 11.8 Å². The normalized spacial score (nSPS) is 11.2. The molecule has 0 unspecified atom stereocenters. The van der Waals surface area contributed by atoms with Crippen LogP contribution in [0.5, 0.6) is 17.2 Å². The molecule has 0 spiro atoms. The third-order valence-corrected chi connectivity index (χ3v) is 5.84. The van der Waals surface area contributed by atoms with Gasteiger partial charge in [-0.25, -0.2) is 27.9 Å². The largest absolute Gasteiger partial charge is 0.495 e. The molecule has 0 amide bonds. The number of carboxylic acid groups (broad SMARTS) is 1. The van der Waals surface area contributed by atoms with Gasteiger partial charge >= 0.3 is 5.97 Å². The third kappa shape index (κ3) is 4.91. The highest BCUT2D eigenvalue weighted by atomic mass is 35.5. The van der Waals surface area contributed by atoms with E-state index in [0.29, 0.717) is 16.8 Å². The van der Waals surface area contributed by atoms with Gasteiger partial charge in [0.2, 0.25) is 0 Å². The molecule has 2 aromatic heterocycles. The molecule has 33 heavy (non-hydrogen) atoms. The zero-order valence-electron chi connectivity index (χ0n) is 16.8. The Bertz CT molecular complexity index is 1480. The summed E-state index contributed by atoms with van der Waals surface area (Å²) in [7, 11) is -2.77. The van der Waals surface area contributed by atoms with Crippen LogP contribution in [-0.4, -0.2) is 46.8 Å². The molecular weight excluding hydrogens is 474 g/mol. The highest BCUT2D eigenvalue weighted by Crippen LogP contribution is 2.29. The number of pyridine rings is 1. The molecule has 2 aromatic carbocycles. The number of nitrogens with zero attached hydrogens (tertiary/aromatic N) is 4. The average molecular weight is 488 g/mol. The summed E-state index contributed by atoms with van der Waals surface area (Å²) in [4.78, 5) is 18.8. The highest BCUT2D eigenvalue weighted by Gasteiger charge is 2.22. The first-order valence-electron chi connectivity index (χ1n) is 9.13. The maximum atomic E-state index is 12.8. The fourth-order valence-electron chi connectivity index (χ4n) is 2.79. The van der Waals surface area contributed by atoms with Crippen molar-refractivity contribution in [3.63, 3.8) is 0 Å². The third-order valence-electron chi connectivity index (χ3n) is 4.25. The zero-order valence-corrected chi connectivity index (χ0v) is 18.3. The summed E-state index contributed by atoms with van der Waals surface area (Å²) in [6, 6.07) is 11.6. The van der Waals surface area contributed by atoms with Gasteiger partial charge in [-0.15, -0.1) is 10.2 Å². The van der Waals surface area contributed by atoms with Gasteiger partial charge in [0.15, 0.2) is 5.69 Å². The summed E-state index contributed by atoms with van der Waals surface area (Å²) in [6.07, 6.45) is 1.31. The predicted molar refractivity (Wildman–Crippen MR) is 117 cm³/mol. The van der Waals surface area contributed by atoms with E-state index in [0.717, 1.165) is 0 Å². The van der Waals surface area contributed by atoms with Crippen LogP contribution in [-0.2, 0) is 10.0 Å². The number of carbonyl (C=O) groups is 1. The van der Waals surface area contributed by atoms with Crippen molar-refractivity contribution in [1.29, 1.82) is 0 Å². The van der Waals surface area contributed by atoms with Crippen LogP contribution in [0, 0.1) is 0 Å². The topological polar surface area (TPSA) is 153 Å². The van der Waals surface area contributed by atoms with E-state index >= 15 is 0 Å². The maximum Gasteiger partial charge on any atom is 0.354 e. The number of methoxy groups -OCH3 is 1. The standard InChI is InChI=1S/C20H14ClN5O6S/c1-31-17-5-2-11(21)8-18(17)33(29,30)26-20-23-14-4-3-12(9-15(14)24-25-20)32-13-6-7-22-16(10-13)19(27)28/h2-10H,1H3,(H,27,28)(H,23,25,26). The molecule has 2 heterocycles. The summed E-state index contributed by atoms with van der Waals surface area (Å²) in [5.74, 6) is -0.719. The Kier molecular flexibility index (Phi) is 5.94. The summed E-state index contributed by atoms with van der Waals surface area (Å²) in [5, 5.41) is 17.0. The van der Waals surface area contributed by atoms with E-state index < -0.39 is 16.0 Å². The Labute approximate surface area is 192 Å². The van der Waals surface area contributed by atoms with Gasteiger partial charge in [0.1, 0.15) is 27.7 Å². The van der Waals surface area contributed by atoms with Crippen LogP contribution in [0.4, 0.5) is 5.95 Å². The quantitative estimate of drug-likeness (QED) is 0.396. The van der Waals surface area contributed by atoms with E-state index in [1.165, 1.54) is 49.7 Å². The molecule has 0 radical (unpaired) electrons. The summed E-state index contributed by atoms with van der Waals surface area (Å²) in [5.41, 5.74) is 0.500. The van der Waals surface area contributed by atoms with Crippen molar-refractivity contribution in [2.24, 2.45) is 0 Å². The lowest BCUT2D eigenvalue weighted by Gasteiger charge is -2.11. The average Bonchev–Trinajstić information content (AvgIpc) is 2.79. The van der Waals surface area contributed by atoms with Crippen LogP contribution >= 0.6 is 11.6 Å². The first-order chi connectivity index (χ1) is 15.7. The molecule has 0 aliphatic heterocycles. The lowest BCUT2D eigenvalue weighted by Crippen LogP contribution is -2.16. The molecule has 0 aliphatic carbocycles.